The third-order valence-electron chi connectivity index (χ3n) is 4.80. The summed E-state index contributed by atoms with van der Waals surface area (Å²) in [4.78, 5) is 27.4. The van der Waals surface area contributed by atoms with Crippen molar-refractivity contribution in [2.45, 2.75) is 32.2 Å². The molecule has 0 saturated carbocycles. The lowest BCUT2D eigenvalue weighted by atomic mass is 9.87. The van der Waals surface area contributed by atoms with Gasteiger partial charge in [-0.25, -0.2) is 4.79 Å². The van der Waals surface area contributed by atoms with Gasteiger partial charge in [0.05, 0.1) is 0 Å². The molecular weight excluding hydrogens is 342 g/mol. The molecule has 2 atom stereocenters. The fourth-order valence-electron chi connectivity index (χ4n) is 3.35. The van der Waals surface area contributed by atoms with Crippen molar-refractivity contribution < 1.29 is 14.7 Å². The Hall–Kier alpha value is -1.79. The summed E-state index contributed by atoms with van der Waals surface area (Å²) in [7, 11) is 4.00. The fraction of sp³-hybridized carbons (Fsp3) is 0.556. The van der Waals surface area contributed by atoms with Gasteiger partial charge in [0.25, 0.3) is 0 Å². The highest BCUT2D eigenvalue weighted by atomic mass is 35.5. The van der Waals surface area contributed by atoms with E-state index in [4.69, 9.17) is 16.7 Å². The average Bonchev–Trinajstić information content (AvgIpc) is 2.55. The van der Waals surface area contributed by atoms with Crippen LogP contribution in [0.2, 0.25) is 5.02 Å². The molecule has 1 aliphatic heterocycles. The molecule has 1 aromatic carbocycles. The molecule has 1 aliphatic rings. The number of amides is 2. The molecule has 0 radical (unpaired) electrons. The highest BCUT2D eigenvalue weighted by Crippen LogP contribution is 2.26. The average molecular weight is 368 g/mol. The summed E-state index contributed by atoms with van der Waals surface area (Å²) in [6.07, 6.45) is 1.52. The maximum atomic E-state index is 12.6. The van der Waals surface area contributed by atoms with Gasteiger partial charge in [0.1, 0.15) is 0 Å². The van der Waals surface area contributed by atoms with Crippen molar-refractivity contribution in [2.75, 3.05) is 32.5 Å². The van der Waals surface area contributed by atoms with Crippen molar-refractivity contribution in [1.82, 2.24) is 9.80 Å². The smallest absolute Gasteiger partial charge is 0.321 e. The van der Waals surface area contributed by atoms with E-state index in [2.05, 4.69) is 10.2 Å². The maximum Gasteiger partial charge on any atom is 0.321 e. The van der Waals surface area contributed by atoms with Crippen LogP contribution in [0.5, 0.6) is 0 Å². The number of carboxylic acids is 1. The largest absolute Gasteiger partial charge is 0.481 e. The van der Waals surface area contributed by atoms with E-state index >= 15 is 0 Å². The molecule has 0 aromatic heterocycles. The van der Waals surface area contributed by atoms with Crippen LogP contribution >= 0.6 is 11.6 Å². The zero-order valence-corrected chi connectivity index (χ0v) is 15.7. The normalized spacial score (nSPS) is 20.6. The summed E-state index contributed by atoms with van der Waals surface area (Å²) in [6.45, 7) is 3.12. The van der Waals surface area contributed by atoms with Gasteiger partial charge in [0.15, 0.2) is 0 Å². The topological polar surface area (TPSA) is 72.9 Å². The van der Waals surface area contributed by atoms with Crippen LogP contribution < -0.4 is 5.32 Å². The molecule has 0 aliphatic carbocycles. The summed E-state index contributed by atoms with van der Waals surface area (Å²) in [5.41, 5.74) is 1.62. The molecule has 2 rings (SSSR count). The lowest BCUT2D eigenvalue weighted by Crippen LogP contribution is -2.51. The van der Waals surface area contributed by atoms with Gasteiger partial charge >= 0.3 is 12.0 Å². The van der Waals surface area contributed by atoms with Crippen LogP contribution in [-0.4, -0.2) is 60.1 Å². The van der Waals surface area contributed by atoms with Crippen molar-refractivity contribution in [3.8, 4) is 0 Å². The summed E-state index contributed by atoms with van der Waals surface area (Å²) in [5.74, 6) is -0.652. The van der Waals surface area contributed by atoms with E-state index < -0.39 is 5.97 Å². The van der Waals surface area contributed by atoms with Gasteiger partial charge in [-0.15, -0.1) is 0 Å². The number of hydrogen-bond donors (Lipinski definition) is 2. The van der Waals surface area contributed by atoms with Crippen molar-refractivity contribution in [3.63, 3.8) is 0 Å². The first kappa shape index (κ1) is 19.5. The summed E-state index contributed by atoms with van der Waals surface area (Å²) < 4.78 is 0. The number of urea groups is 1. The predicted octanol–water partition coefficient (Wildman–Crippen LogP) is 3.30. The summed E-state index contributed by atoms with van der Waals surface area (Å²) in [5, 5.41) is 12.5. The molecular formula is C18H26ClN3O3. The third kappa shape index (κ3) is 5.34. The molecule has 138 valence electrons. The van der Waals surface area contributed by atoms with Crippen LogP contribution in [0, 0.1) is 12.8 Å². The van der Waals surface area contributed by atoms with Crippen LogP contribution in [0.4, 0.5) is 10.5 Å². The molecule has 25 heavy (non-hydrogen) atoms. The van der Waals surface area contributed by atoms with E-state index in [-0.39, 0.29) is 24.4 Å². The van der Waals surface area contributed by atoms with Crippen molar-refractivity contribution >= 4 is 29.3 Å². The van der Waals surface area contributed by atoms with Crippen LogP contribution in [0.3, 0.4) is 0 Å². The molecule has 1 saturated heterocycles. The minimum Gasteiger partial charge on any atom is -0.481 e. The highest BCUT2D eigenvalue weighted by Gasteiger charge is 2.32. The number of carbonyl (C=O) groups excluding carboxylic acids is 1. The SMILES string of the molecule is Cc1ccc(NC(=O)N2CCC(N(C)C)C(CCC(=O)O)C2)cc1Cl. The van der Waals surface area contributed by atoms with Gasteiger partial charge in [-0.3, -0.25) is 4.79 Å². The Kier molecular flexibility index (Phi) is 6.67. The lowest BCUT2D eigenvalue weighted by molar-refractivity contribution is -0.137. The van der Waals surface area contributed by atoms with E-state index in [1.165, 1.54) is 0 Å². The van der Waals surface area contributed by atoms with Gasteiger partial charge in [-0.2, -0.15) is 0 Å². The Morgan fingerprint density at radius 2 is 2.12 bits per heavy atom. The Labute approximate surface area is 153 Å². The minimum atomic E-state index is -0.798. The third-order valence-corrected chi connectivity index (χ3v) is 5.20. The number of carboxylic acid groups (broad SMARTS) is 1. The number of likely N-dealkylation sites (tertiary alicyclic amines) is 1. The van der Waals surface area contributed by atoms with Gasteiger partial charge in [-0.1, -0.05) is 17.7 Å². The number of aliphatic carboxylic acids is 1. The zero-order valence-electron chi connectivity index (χ0n) is 15.0. The first-order valence-corrected chi connectivity index (χ1v) is 8.86. The Morgan fingerprint density at radius 3 is 2.72 bits per heavy atom. The van der Waals surface area contributed by atoms with E-state index in [1.54, 1.807) is 11.0 Å². The van der Waals surface area contributed by atoms with Crippen LogP contribution in [0.15, 0.2) is 18.2 Å². The van der Waals surface area contributed by atoms with Gasteiger partial charge in [0, 0.05) is 36.3 Å². The number of nitrogens with zero attached hydrogens (tertiary/aromatic N) is 2. The first-order chi connectivity index (χ1) is 11.8. The highest BCUT2D eigenvalue weighted by molar-refractivity contribution is 6.31. The number of piperidine rings is 1. The number of halogens is 1. The number of hydrogen-bond acceptors (Lipinski definition) is 3. The summed E-state index contributed by atoms with van der Waals surface area (Å²) >= 11 is 6.11. The van der Waals surface area contributed by atoms with Crippen molar-refractivity contribution in [2.24, 2.45) is 5.92 Å². The quantitative estimate of drug-likeness (QED) is 0.837. The molecule has 7 heteroatoms. The van der Waals surface area contributed by atoms with Gasteiger partial charge in [0.2, 0.25) is 0 Å². The minimum absolute atomic E-state index is 0.123. The molecule has 2 amide bonds. The van der Waals surface area contributed by atoms with Gasteiger partial charge < -0.3 is 20.2 Å². The Balaban J connectivity index is 2.01. The number of rotatable bonds is 5. The standard InChI is InChI=1S/C18H26ClN3O3/c1-12-4-6-14(10-15(12)19)20-18(25)22-9-8-16(21(2)3)13(11-22)5-7-17(23)24/h4,6,10,13,16H,5,7-9,11H2,1-3H3,(H,20,25)(H,23,24). The molecule has 1 aromatic rings. The second-order valence-electron chi connectivity index (χ2n) is 6.85. The zero-order chi connectivity index (χ0) is 18.6. The van der Waals surface area contributed by atoms with Crippen LogP contribution in [0.25, 0.3) is 0 Å². The van der Waals surface area contributed by atoms with E-state index in [1.807, 2.05) is 33.2 Å². The molecule has 1 heterocycles. The molecule has 1 fully saturated rings. The Morgan fingerprint density at radius 1 is 1.40 bits per heavy atom. The first-order valence-electron chi connectivity index (χ1n) is 8.48. The molecule has 0 spiro atoms. The van der Waals surface area contributed by atoms with Crippen molar-refractivity contribution in [1.29, 1.82) is 0 Å². The molecule has 6 nitrogen and oxygen atoms in total. The van der Waals surface area contributed by atoms with Gasteiger partial charge in [-0.05, 0) is 57.5 Å². The fourth-order valence-corrected chi connectivity index (χ4v) is 3.53. The number of anilines is 1. The molecule has 2 unspecified atom stereocenters. The molecule has 0 bridgehead atoms. The van der Waals surface area contributed by atoms with E-state index in [0.717, 1.165) is 12.0 Å². The number of nitrogens with one attached hydrogen (secondary N) is 1. The second kappa shape index (κ2) is 8.54. The van der Waals surface area contributed by atoms with E-state index in [9.17, 15) is 9.59 Å². The summed E-state index contributed by atoms with van der Waals surface area (Å²) in [6, 6.07) is 5.55. The monoisotopic (exact) mass is 367 g/mol. The molecule has 2 N–H and O–H groups in total. The number of carbonyl (C=O) groups is 2. The second-order valence-corrected chi connectivity index (χ2v) is 7.26. The van der Waals surface area contributed by atoms with E-state index in [0.29, 0.717) is 30.2 Å². The Bertz CT molecular complexity index is 636. The van der Waals surface area contributed by atoms with Crippen LogP contribution in [-0.2, 0) is 4.79 Å². The lowest BCUT2D eigenvalue weighted by Gasteiger charge is -2.41. The number of aryl methyl sites for hydroxylation is 1. The van der Waals surface area contributed by atoms with Crippen LogP contribution in [0.1, 0.15) is 24.8 Å². The predicted molar refractivity (Wildman–Crippen MR) is 99.2 cm³/mol. The number of benzene rings is 1. The van der Waals surface area contributed by atoms with Crippen molar-refractivity contribution in [3.05, 3.63) is 28.8 Å². The maximum absolute atomic E-state index is 12.6.